The van der Waals surface area contributed by atoms with Gasteiger partial charge in [0.25, 0.3) is 0 Å². The molecule has 1 fully saturated rings. The maximum Gasteiger partial charge on any atom is 0.161 e. The zero-order chi connectivity index (χ0) is 16.4. The van der Waals surface area contributed by atoms with Crippen LogP contribution in [0.2, 0.25) is 0 Å². The first-order chi connectivity index (χ1) is 11.1. The van der Waals surface area contributed by atoms with E-state index in [-0.39, 0.29) is 5.41 Å². The Kier molecular flexibility index (Phi) is 4.83. The number of nitrogens with two attached hydrogens (primary N) is 1. The highest BCUT2D eigenvalue weighted by molar-refractivity contribution is 5.52. The van der Waals surface area contributed by atoms with Crippen molar-refractivity contribution in [1.29, 1.82) is 0 Å². The summed E-state index contributed by atoms with van der Waals surface area (Å²) in [5.41, 5.74) is 8.94. The van der Waals surface area contributed by atoms with Gasteiger partial charge in [-0.1, -0.05) is 12.8 Å². The summed E-state index contributed by atoms with van der Waals surface area (Å²) in [6.07, 6.45) is 6.27. The number of fused-ring (bicyclic) bond motifs is 2. The SMILES string of the molecule is COc1cc2c(cc1OC)C1(CCCC1)CN(CCCN)[C@H]2C. The van der Waals surface area contributed by atoms with Crippen molar-refractivity contribution in [1.82, 2.24) is 4.90 Å². The van der Waals surface area contributed by atoms with Crippen LogP contribution >= 0.6 is 0 Å². The monoisotopic (exact) mass is 318 g/mol. The topological polar surface area (TPSA) is 47.7 Å². The van der Waals surface area contributed by atoms with Gasteiger partial charge in [-0.15, -0.1) is 0 Å². The van der Waals surface area contributed by atoms with Gasteiger partial charge in [0.15, 0.2) is 11.5 Å². The maximum atomic E-state index is 5.75. The Morgan fingerprint density at radius 1 is 1.17 bits per heavy atom. The van der Waals surface area contributed by atoms with Crippen LogP contribution in [0.5, 0.6) is 11.5 Å². The lowest BCUT2D eigenvalue weighted by Gasteiger charge is -2.46. The molecule has 2 N–H and O–H groups in total. The third-order valence-electron chi connectivity index (χ3n) is 5.84. The van der Waals surface area contributed by atoms with Crippen molar-refractivity contribution in [2.24, 2.45) is 5.73 Å². The Labute approximate surface area is 139 Å². The molecular weight excluding hydrogens is 288 g/mol. The highest BCUT2D eigenvalue weighted by Crippen LogP contribution is 2.51. The van der Waals surface area contributed by atoms with Crippen molar-refractivity contribution in [2.75, 3.05) is 33.9 Å². The van der Waals surface area contributed by atoms with Gasteiger partial charge in [-0.05, 0) is 62.5 Å². The normalized spacial score (nSPS) is 23.0. The minimum Gasteiger partial charge on any atom is -0.493 e. The van der Waals surface area contributed by atoms with Crippen molar-refractivity contribution in [3.05, 3.63) is 23.3 Å². The van der Waals surface area contributed by atoms with Crippen LogP contribution < -0.4 is 15.2 Å². The molecule has 1 heterocycles. The lowest BCUT2D eigenvalue weighted by atomic mass is 9.71. The average Bonchev–Trinajstić information content (AvgIpc) is 3.05. The van der Waals surface area contributed by atoms with Crippen molar-refractivity contribution in [3.8, 4) is 11.5 Å². The first kappa shape index (κ1) is 16.6. The van der Waals surface area contributed by atoms with E-state index in [9.17, 15) is 0 Å². The molecule has 2 aliphatic rings. The summed E-state index contributed by atoms with van der Waals surface area (Å²) in [5, 5.41) is 0. The van der Waals surface area contributed by atoms with Gasteiger partial charge in [0, 0.05) is 18.0 Å². The quantitative estimate of drug-likeness (QED) is 0.905. The van der Waals surface area contributed by atoms with Crippen molar-refractivity contribution in [3.63, 3.8) is 0 Å². The Balaban J connectivity index is 2.06. The molecule has 3 rings (SSSR count). The highest BCUT2D eigenvalue weighted by Gasteiger charge is 2.44. The molecule has 0 bridgehead atoms. The molecule has 1 aliphatic carbocycles. The van der Waals surface area contributed by atoms with Crippen LogP contribution in [0, 0.1) is 0 Å². The van der Waals surface area contributed by atoms with Gasteiger partial charge in [-0.3, -0.25) is 4.90 Å². The summed E-state index contributed by atoms with van der Waals surface area (Å²) >= 11 is 0. The largest absolute Gasteiger partial charge is 0.493 e. The van der Waals surface area contributed by atoms with Crippen LogP contribution in [-0.2, 0) is 5.41 Å². The van der Waals surface area contributed by atoms with E-state index in [0.717, 1.165) is 37.6 Å². The Morgan fingerprint density at radius 3 is 2.43 bits per heavy atom. The van der Waals surface area contributed by atoms with Crippen LogP contribution in [0.3, 0.4) is 0 Å². The summed E-state index contributed by atoms with van der Waals surface area (Å²) in [6, 6.07) is 4.85. The molecule has 0 aromatic heterocycles. The summed E-state index contributed by atoms with van der Waals surface area (Å²) in [7, 11) is 3.45. The predicted molar refractivity (Wildman–Crippen MR) is 93.4 cm³/mol. The summed E-state index contributed by atoms with van der Waals surface area (Å²) in [5.74, 6) is 1.70. The fourth-order valence-electron chi connectivity index (χ4n) is 4.55. The Bertz CT molecular complexity index is 553. The van der Waals surface area contributed by atoms with Crippen molar-refractivity contribution >= 4 is 0 Å². The summed E-state index contributed by atoms with van der Waals surface area (Å²) in [4.78, 5) is 2.62. The lowest BCUT2D eigenvalue weighted by Crippen LogP contribution is -2.46. The minimum atomic E-state index is 0.288. The smallest absolute Gasteiger partial charge is 0.161 e. The number of nitrogens with zero attached hydrogens (tertiary/aromatic N) is 1. The molecule has 0 unspecified atom stereocenters. The first-order valence-corrected chi connectivity index (χ1v) is 8.86. The molecule has 4 nitrogen and oxygen atoms in total. The zero-order valence-electron chi connectivity index (χ0n) is 14.7. The molecule has 128 valence electrons. The van der Waals surface area contributed by atoms with E-state index < -0.39 is 0 Å². The van der Waals surface area contributed by atoms with E-state index in [1.807, 2.05) is 0 Å². The van der Waals surface area contributed by atoms with Gasteiger partial charge in [-0.25, -0.2) is 0 Å². The number of hydrogen-bond donors (Lipinski definition) is 1. The number of methoxy groups -OCH3 is 2. The highest BCUT2D eigenvalue weighted by atomic mass is 16.5. The standard InChI is InChI=1S/C19H30N2O2/c1-14-15-11-17(22-2)18(23-3)12-16(15)19(7-4-5-8-19)13-21(14)10-6-9-20/h11-12,14H,4-10,13,20H2,1-3H3/t14-/m0/s1. The summed E-state index contributed by atoms with van der Waals surface area (Å²) < 4.78 is 11.1. The number of hydrogen-bond acceptors (Lipinski definition) is 4. The maximum absolute atomic E-state index is 5.75. The van der Waals surface area contributed by atoms with E-state index in [4.69, 9.17) is 15.2 Å². The number of benzene rings is 1. The van der Waals surface area contributed by atoms with Crippen LogP contribution in [0.4, 0.5) is 0 Å². The molecule has 23 heavy (non-hydrogen) atoms. The minimum absolute atomic E-state index is 0.288. The van der Waals surface area contributed by atoms with Crippen molar-refractivity contribution < 1.29 is 9.47 Å². The van der Waals surface area contributed by atoms with Crippen LogP contribution in [-0.4, -0.2) is 38.8 Å². The van der Waals surface area contributed by atoms with Gasteiger partial charge >= 0.3 is 0 Å². The molecule has 0 saturated heterocycles. The second-order valence-electron chi connectivity index (χ2n) is 7.07. The van der Waals surface area contributed by atoms with E-state index in [0.29, 0.717) is 6.04 Å². The number of rotatable bonds is 5. The van der Waals surface area contributed by atoms with Gasteiger partial charge in [0.2, 0.25) is 0 Å². The second-order valence-corrected chi connectivity index (χ2v) is 7.07. The predicted octanol–water partition coefficient (Wildman–Crippen LogP) is 3.24. The first-order valence-electron chi connectivity index (χ1n) is 8.86. The zero-order valence-corrected chi connectivity index (χ0v) is 14.7. The average molecular weight is 318 g/mol. The molecule has 1 aromatic rings. The number of ether oxygens (including phenoxy) is 2. The van der Waals surface area contributed by atoms with Gasteiger partial charge in [-0.2, -0.15) is 0 Å². The molecule has 1 atom stereocenters. The molecular formula is C19H30N2O2. The fourth-order valence-corrected chi connectivity index (χ4v) is 4.55. The third-order valence-corrected chi connectivity index (χ3v) is 5.84. The second kappa shape index (κ2) is 6.70. The molecule has 1 aromatic carbocycles. The lowest BCUT2D eigenvalue weighted by molar-refractivity contribution is 0.135. The van der Waals surface area contributed by atoms with E-state index in [1.165, 1.54) is 36.8 Å². The fraction of sp³-hybridized carbons (Fsp3) is 0.684. The summed E-state index contributed by atoms with van der Waals surface area (Å²) in [6.45, 7) is 5.29. The van der Waals surface area contributed by atoms with Crippen LogP contribution in [0.15, 0.2) is 12.1 Å². The van der Waals surface area contributed by atoms with E-state index in [1.54, 1.807) is 14.2 Å². The van der Waals surface area contributed by atoms with E-state index in [2.05, 4.69) is 24.0 Å². The Morgan fingerprint density at radius 2 is 1.83 bits per heavy atom. The molecule has 0 amide bonds. The molecule has 4 heteroatoms. The van der Waals surface area contributed by atoms with Crippen LogP contribution in [0.25, 0.3) is 0 Å². The molecule has 1 saturated carbocycles. The van der Waals surface area contributed by atoms with Gasteiger partial charge in [0.05, 0.1) is 14.2 Å². The van der Waals surface area contributed by atoms with E-state index >= 15 is 0 Å². The molecule has 1 spiro atoms. The van der Waals surface area contributed by atoms with Crippen molar-refractivity contribution in [2.45, 2.75) is 50.5 Å². The Hall–Kier alpha value is -1.26. The molecule has 0 radical (unpaired) electrons. The molecule has 1 aliphatic heterocycles. The van der Waals surface area contributed by atoms with Crippen LogP contribution in [0.1, 0.15) is 56.2 Å². The third kappa shape index (κ3) is 2.83. The van der Waals surface area contributed by atoms with Gasteiger partial charge < -0.3 is 15.2 Å². The van der Waals surface area contributed by atoms with Gasteiger partial charge in [0.1, 0.15) is 0 Å².